The van der Waals surface area contributed by atoms with Gasteiger partial charge in [-0.3, -0.25) is 9.78 Å². The van der Waals surface area contributed by atoms with Crippen LogP contribution in [0.15, 0.2) is 48.8 Å². The number of rotatable bonds is 9. The Balaban J connectivity index is 1.45. The van der Waals surface area contributed by atoms with Gasteiger partial charge in [-0.05, 0) is 87.4 Å². The van der Waals surface area contributed by atoms with Crippen molar-refractivity contribution in [1.29, 1.82) is 0 Å². The Kier molecular flexibility index (Phi) is 8.63. The predicted molar refractivity (Wildman–Crippen MR) is 138 cm³/mol. The lowest BCUT2D eigenvalue weighted by Gasteiger charge is -2.37. The minimum Gasteiger partial charge on any atom is -0.463 e. The van der Waals surface area contributed by atoms with E-state index in [0.29, 0.717) is 42.9 Å². The van der Waals surface area contributed by atoms with E-state index >= 15 is 0 Å². The quantitative estimate of drug-likeness (QED) is 0.331. The minimum absolute atomic E-state index is 0.00286. The van der Waals surface area contributed by atoms with E-state index < -0.39 is 12.0 Å². The van der Waals surface area contributed by atoms with E-state index in [0.717, 1.165) is 11.1 Å². The molecule has 10 heteroatoms. The number of nitrogens with one attached hydrogen (secondary N) is 1. The molecule has 4 rings (SSSR count). The van der Waals surface area contributed by atoms with Gasteiger partial charge in [0, 0.05) is 23.5 Å². The van der Waals surface area contributed by atoms with Crippen molar-refractivity contribution in [2.45, 2.75) is 51.6 Å². The highest BCUT2D eigenvalue weighted by atomic mass is 19.3. The molecule has 38 heavy (non-hydrogen) atoms. The maximum Gasteiger partial charge on any atom is 0.309 e. The number of aromatic nitrogens is 3. The summed E-state index contributed by atoms with van der Waals surface area (Å²) in [6, 6.07) is 9.87. The Bertz CT molecular complexity index is 1250. The number of anilines is 2. The standard InChI is InChI=1S/C28H32F2N4O4/c1-17-13-22(33-25(14-17)34-24-15-19(26(29)30)9-10-31-24)20-5-8-23(32-16-20)28(2,37)21-6-3-18(4-7-21)27(36)38-12-11-35/h5,8-10,13-16,18,21,26,35,37H,3-4,6-7,11-12H2,1-2H3,(H,31,33,34)/t18-,21-,28-/m1/s1. The molecule has 8 nitrogen and oxygen atoms in total. The van der Waals surface area contributed by atoms with Crippen LogP contribution in [0.4, 0.5) is 20.4 Å². The zero-order valence-corrected chi connectivity index (χ0v) is 21.4. The van der Waals surface area contributed by atoms with Crippen LogP contribution in [-0.2, 0) is 15.1 Å². The van der Waals surface area contributed by atoms with Crippen molar-refractivity contribution in [1.82, 2.24) is 15.0 Å². The van der Waals surface area contributed by atoms with Gasteiger partial charge in [-0.2, -0.15) is 0 Å². The van der Waals surface area contributed by atoms with Crippen LogP contribution < -0.4 is 5.32 Å². The second-order valence-electron chi connectivity index (χ2n) is 9.83. The number of halogens is 2. The number of ether oxygens (including phenoxy) is 1. The summed E-state index contributed by atoms with van der Waals surface area (Å²) < 4.78 is 31.1. The maximum atomic E-state index is 13.0. The van der Waals surface area contributed by atoms with Crippen LogP contribution in [-0.4, -0.2) is 44.3 Å². The molecule has 0 bridgehead atoms. The van der Waals surface area contributed by atoms with Gasteiger partial charge in [0.2, 0.25) is 0 Å². The Hall–Kier alpha value is -3.50. The normalized spacial score (nSPS) is 19.1. The highest BCUT2D eigenvalue weighted by Crippen LogP contribution is 2.41. The topological polar surface area (TPSA) is 117 Å². The number of aliphatic hydroxyl groups is 2. The molecule has 1 aliphatic carbocycles. The molecule has 1 saturated carbocycles. The molecule has 0 unspecified atom stereocenters. The summed E-state index contributed by atoms with van der Waals surface area (Å²) in [6.07, 6.45) is 2.93. The molecule has 0 radical (unpaired) electrons. The number of alkyl halides is 2. The summed E-state index contributed by atoms with van der Waals surface area (Å²) in [7, 11) is 0. The fraction of sp³-hybridized carbons (Fsp3) is 0.429. The van der Waals surface area contributed by atoms with Gasteiger partial charge in [0.05, 0.1) is 23.9 Å². The molecule has 0 aromatic carbocycles. The van der Waals surface area contributed by atoms with Gasteiger partial charge in [0.25, 0.3) is 6.43 Å². The second kappa shape index (κ2) is 11.9. The van der Waals surface area contributed by atoms with E-state index in [-0.39, 0.29) is 42.4 Å². The van der Waals surface area contributed by atoms with E-state index in [9.17, 15) is 18.7 Å². The van der Waals surface area contributed by atoms with Crippen LogP contribution in [0.1, 0.15) is 55.9 Å². The van der Waals surface area contributed by atoms with Gasteiger partial charge < -0.3 is 20.3 Å². The number of carbonyl (C=O) groups is 1. The van der Waals surface area contributed by atoms with E-state index in [4.69, 9.17) is 9.84 Å². The Morgan fingerprint density at radius 2 is 1.89 bits per heavy atom. The lowest BCUT2D eigenvalue weighted by Crippen LogP contribution is -2.37. The smallest absolute Gasteiger partial charge is 0.309 e. The Morgan fingerprint density at radius 1 is 1.13 bits per heavy atom. The van der Waals surface area contributed by atoms with E-state index in [1.54, 1.807) is 25.3 Å². The fourth-order valence-corrected chi connectivity index (χ4v) is 4.87. The lowest BCUT2D eigenvalue weighted by atomic mass is 9.73. The number of aryl methyl sites for hydroxylation is 1. The Labute approximate surface area is 220 Å². The van der Waals surface area contributed by atoms with Crippen molar-refractivity contribution < 1.29 is 28.5 Å². The molecule has 3 heterocycles. The van der Waals surface area contributed by atoms with Crippen LogP contribution in [0, 0.1) is 18.8 Å². The summed E-state index contributed by atoms with van der Waals surface area (Å²) in [4.78, 5) is 25.3. The molecule has 0 amide bonds. The van der Waals surface area contributed by atoms with Gasteiger partial charge >= 0.3 is 5.97 Å². The van der Waals surface area contributed by atoms with Gasteiger partial charge in [0.1, 0.15) is 23.8 Å². The van der Waals surface area contributed by atoms with Crippen LogP contribution >= 0.6 is 0 Å². The molecule has 202 valence electrons. The Morgan fingerprint density at radius 3 is 2.55 bits per heavy atom. The molecule has 3 N–H and O–H groups in total. The van der Waals surface area contributed by atoms with Gasteiger partial charge in [0.15, 0.2) is 0 Å². The van der Waals surface area contributed by atoms with Crippen LogP contribution in [0.5, 0.6) is 0 Å². The number of esters is 1. The first kappa shape index (κ1) is 27.5. The SMILES string of the molecule is Cc1cc(Nc2cc(C(F)F)ccn2)nc(-c2ccc([C@](C)(O)[C@H]3CC[C@H](C(=O)OCCO)CC3)nc2)c1. The van der Waals surface area contributed by atoms with Crippen molar-refractivity contribution in [2.75, 3.05) is 18.5 Å². The predicted octanol–water partition coefficient (Wildman–Crippen LogP) is 5.08. The largest absolute Gasteiger partial charge is 0.463 e. The average molecular weight is 527 g/mol. The van der Waals surface area contributed by atoms with E-state index in [1.807, 2.05) is 19.1 Å². The van der Waals surface area contributed by atoms with E-state index in [1.165, 1.54) is 18.3 Å². The molecular formula is C28H32F2N4O4. The molecule has 1 atom stereocenters. The number of nitrogens with zero attached hydrogens (tertiary/aromatic N) is 3. The first-order valence-electron chi connectivity index (χ1n) is 12.6. The molecule has 0 spiro atoms. The van der Waals surface area contributed by atoms with Gasteiger partial charge in [-0.1, -0.05) is 0 Å². The third kappa shape index (κ3) is 6.49. The highest BCUT2D eigenvalue weighted by molar-refractivity contribution is 5.72. The number of carbonyl (C=O) groups excluding carboxylic acids is 1. The zero-order chi connectivity index (χ0) is 27.3. The fourth-order valence-electron chi connectivity index (χ4n) is 4.87. The zero-order valence-electron chi connectivity index (χ0n) is 21.4. The molecule has 3 aromatic heterocycles. The summed E-state index contributed by atoms with van der Waals surface area (Å²) in [5.41, 5.74) is 1.52. The lowest BCUT2D eigenvalue weighted by molar-refractivity contribution is -0.152. The third-order valence-electron chi connectivity index (χ3n) is 7.03. The minimum atomic E-state index is -2.59. The van der Waals surface area contributed by atoms with Crippen molar-refractivity contribution in [2.24, 2.45) is 11.8 Å². The average Bonchev–Trinajstić information content (AvgIpc) is 2.91. The molecule has 0 aliphatic heterocycles. The number of hydrogen-bond acceptors (Lipinski definition) is 8. The molecule has 0 saturated heterocycles. The van der Waals surface area contributed by atoms with Gasteiger partial charge in [-0.25, -0.2) is 18.7 Å². The van der Waals surface area contributed by atoms with Gasteiger partial charge in [-0.15, -0.1) is 0 Å². The molecular weight excluding hydrogens is 494 g/mol. The summed E-state index contributed by atoms with van der Waals surface area (Å²) in [5, 5.41) is 23.2. The molecule has 1 aliphatic rings. The van der Waals surface area contributed by atoms with Crippen LogP contribution in [0.2, 0.25) is 0 Å². The van der Waals surface area contributed by atoms with Crippen LogP contribution in [0.3, 0.4) is 0 Å². The second-order valence-corrected chi connectivity index (χ2v) is 9.83. The third-order valence-corrected chi connectivity index (χ3v) is 7.03. The number of aliphatic hydroxyl groups excluding tert-OH is 1. The summed E-state index contributed by atoms with van der Waals surface area (Å²) in [6.45, 7) is 3.46. The van der Waals surface area contributed by atoms with Crippen LogP contribution in [0.25, 0.3) is 11.3 Å². The van der Waals surface area contributed by atoms with E-state index in [2.05, 4.69) is 20.3 Å². The first-order valence-corrected chi connectivity index (χ1v) is 12.6. The monoisotopic (exact) mass is 526 g/mol. The first-order chi connectivity index (χ1) is 18.2. The van der Waals surface area contributed by atoms with Crippen molar-refractivity contribution in [3.8, 4) is 11.3 Å². The number of hydrogen-bond donors (Lipinski definition) is 3. The molecule has 3 aromatic rings. The highest BCUT2D eigenvalue weighted by Gasteiger charge is 2.39. The van der Waals surface area contributed by atoms with Crippen molar-refractivity contribution >= 4 is 17.6 Å². The summed E-state index contributed by atoms with van der Waals surface area (Å²) >= 11 is 0. The molecule has 1 fully saturated rings. The van der Waals surface area contributed by atoms with Crippen molar-refractivity contribution in [3.63, 3.8) is 0 Å². The summed E-state index contributed by atoms with van der Waals surface area (Å²) in [5.74, 6) is 0.160. The number of pyridine rings is 3. The maximum absolute atomic E-state index is 13.0. The van der Waals surface area contributed by atoms with Crippen molar-refractivity contribution in [3.05, 3.63) is 65.6 Å².